The predicted octanol–water partition coefficient (Wildman–Crippen LogP) is 2.24. The fourth-order valence-corrected chi connectivity index (χ4v) is 2.61. The van der Waals surface area contributed by atoms with E-state index < -0.39 is 12.2 Å². The molecule has 0 saturated carbocycles. The predicted molar refractivity (Wildman–Crippen MR) is 99.2 cm³/mol. The van der Waals surface area contributed by atoms with E-state index >= 15 is 0 Å². The first-order valence-corrected chi connectivity index (χ1v) is 9.38. The van der Waals surface area contributed by atoms with Crippen molar-refractivity contribution < 1.29 is 14.3 Å². The molecular weight excluding hydrogens is 318 g/mol. The molecule has 0 aromatic rings. The smallest absolute Gasteiger partial charge is 0.407 e. The van der Waals surface area contributed by atoms with Crippen LogP contribution in [0.3, 0.4) is 0 Å². The van der Waals surface area contributed by atoms with Gasteiger partial charge in [-0.05, 0) is 20.5 Å². The summed E-state index contributed by atoms with van der Waals surface area (Å²) in [5.74, 6) is 5.84. The Balaban J connectivity index is 2.16. The molecule has 6 nitrogen and oxygen atoms in total. The Bertz CT molecular complexity index is 468. The van der Waals surface area contributed by atoms with E-state index in [1.54, 1.807) is 4.90 Å². The third kappa shape index (κ3) is 9.35. The second-order valence-corrected chi connectivity index (χ2v) is 6.73. The minimum Gasteiger partial charge on any atom is -0.436 e. The lowest BCUT2D eigenvalue weighted by molar-refractivity contribution is -0.134. The topological polar surface area (TPSA) is 61.9 Å². The van der Waals surface area contributed by atoms with Gasteiger partial charge in [-0.25, -0.2) is 4.79 Å². The molecule has 1 heterocycles. The van der Waals surface area contributed by atoms with Crippen LogP contribution in [0.25, 0.3) is 0 Å². The van der Waals surface area contributed by atoms with Crippen LogP contribution in [-0.2, 0) is 9.53 Å². The van der Waals surface area contributed by atoms with Gasteiger partial charge in [-0.1, -0.05) is 50.9 Å². The molecule has 25 heavy (non-hydrogen) atoms. The van der Waals surface area contributed by atoms with Gasteiger partial charge in [0.15, 0.2) is 6.10 Å². The number of carbonyl (C=O) groups excluding carboxylic acids is 2. The van der Waals surface area contributed by atoms with Gasteiger partial charge < -0.3 is 15.0 Å². The summed E-state index contributed by atoms with van der Waals surface area (Å²) < 4.78 is 5.25. The molecule has 1 aliphatic rings. The van der Waals surface area contributed by atoms with Crippen LogP contribution < -0.4 is 5.32 Å². The van der Waals surface area contributed by atoms with Crippen molar-refractivity contribution in [3.8, 4) is 11.8 Å². The van der Waals surface area contributed by atoms with E-state index in [1.165, 1.54) is 25.7 Å². The molecule has 2 amide bonds. The molecule has 1 saturated heterocycles. The van der Waals surface area contributed by atoms with E-state index in [0.29, 0.717) is 32.6 Å². The highest BCUT2D eigenvalue weighted by Gasteiger charge is 2.34. The molecule has 0 bridgehead atoms. The Labute approximate surface area is 152 Å². The van der Waals surface area contributed by atoms with Crippen molar-refractivity contribution in [2.45, 2.75) is 58.0 Å². The minimum atomic E-state index is -0.666. The van der Waals surface area contributed by atoms with E-state index in [0.717, 1.165) is 12.8 Å². The number of rotatable bonds is 10. The lowest BCUT2D eigenvalue weighted by Crippen LogP contribution is -2.35. The first-order valence-electron chi connectivity index (χ1n) is 9.38. The second-order valence-electron chi connectivity index (χ2n) is 6.73. The van der Waals surface area contributed by atoms with Crippen LogP contribution in [-0.4, -0.2) is 68.2 Å². The van der Waals surface area contributed by atoms with Crippen molar-refractivity contribution in [1.29, 1.82) is 0 Å². The Morgan fingerprint density at radius 2 is 1.96 bits per heavy atom. The highest BCUT2D eigenvalue weighted by molar-refractivity contribution is 5.85. The monoisotopic (exact) mass is 351 g/mol. The zero-order valence-electron chi connectivity index (χ0n) is 16.0. The van der Waals surface area contributed by atoms with Crippen molar-refractivity contribution in [2.24, 2.45) is 0 Å². The summed E-state index contributed by atoms with van der Waals surface area (Å²) in [6, 6.07) is 0. The van der Waals surface area contributed by atoms with Gasteiger partial charge in [0.25, 0.3) is 5.91 Å². The Kier molecular flexibility index (Phi) is 10.7. The van der Waals surface area contributed by atoms with E-state index in [1.807, 2.05) is 19.0 Å². The zero-order chi connectivity index (χ0) is 18.5. The van der Waals surface area contributed by atoms with E-state index in [4.69, 9.17) is 4.74 Å². The highest BCUT2D eigenvalue weighted by atomic mass is 16.6. The molecule has 1 atom stereocenters. The van der Waals surface area contributed by atoms with Gasteiger partial charge in [0.1, 0.15) is 0 Å². The van der Waals surface area contributed by atoms with Gasteiger partial charge in [0.2, 0.25) is 0 Å². The minimum absolute atomic E-state index is 0.145. The highest BCUT2D eigenvalue weighted by Crippen LogP contribution is 2.14. The van der Waals surface area contributed by atoms with Crippen LogP contribution in [0.15, 0.2) is 0 Å². The normalized spacial score (nSPS) is 16.7. The van der Waals surface area contributed by atoms with Crippen LogP contribution in [0.4, 0.5) is 4.79 Å². The van der Waals surface area contributed by atoms with Gasteiger partial charge in [-0.15, -0.1) is 0 Å². The molecule has 1 fully saturated rings. The van der Waals surface area contributed by atoms with Gasteiger partial charge in [0, 0.05) is 19.5 Å². The number of hydrogen-bond acceptors (Lipinski definition) is 4. The van der Waals surface area contributed by atoms with Crippen molar-refractivity contribution >= 4 is 12.0 Å². The number of carbonyl (C=O) groups is 2. The maximum atomic E-state index is 12.2. The third-order valence-electron chi connectivity index (χ3n) is 4.09. The SMILES string of the molecule is CCCCCCCCNC(=O)OC1CCN(CC#CCN(C)C)C1=O. The second kappa shape index (κ2) is 12.6. The number of nitrogens with zero attached hydrogens (tertiary/aromatic N) is 2. The molecule has 1 rings (SSSR count). The molecule has 142 valence electrons. The van der Waals surface area contributed by atoms with Crippen molar-refractivity contribution in [3.05, 3.63) is 0 Å². The van der Waals surface area contributed by atoms with Crippen LogP contribution in [0.2, 0.25) is 0 Å². The van der Waals surface area contributed by atoms with Gasteiger partial charge in [-0.2, -0.15) is 0 Å². The Morgan fingerprint density at radius 3 is 2.68 bits per heavy atom. The maximum absolute atomic E-state index is 12.2. The van der Waals surface area contributed by atoms with E-state index in [-0.39, 0.29) is 5.91 Å². The third-order valence-corrected chi connectivity index (χ3v) is 4.09. The van der Waals surface area contributed by atoms with Crippen LogP contribution in [0.5, 0.6) is 0 Å². The first-order chi connectivity index (χ1) is 12.0. The maximum Gasteiger partial charge on any atom is 0.407 e. The quantitative estimate of drug-likeness (QED) is 0.484. The van der Waals surface area contributed by atoms with Crippen molar-refractivity contribution in [1.82, 2.24) is 15.1 Å². The fraction of sp³-hybridized carbons (Fsp3) is 0.789. The molecule has 0 aliphatic carbocycles. The summed E-state index contributed by atoms with van der Waals surface area (Å²) in [6.45, 7) is 4.45. The largest absolute Gasteiger partial charge is 0.436 e. The lowest BCUT2D eigenvalue weighted by Gasteiger charge is -2.14. The molecule has 1 unspecified atom stereocenters. The molecule has 6 heteroatoms. The van der Waals surface area contributed by atoms with Crippen molar-refractivity contribution in [3.63, 3.8) is 0 Å². The van der Waals surface area contributed by atoms with Gasteiger partial charge in [-0.3, -0.25) is 9.69 Å². The summed E-state index contributed by atoms with van der Waals surface area (Å²) >= 11 is 0. The summed E-state index contributed by atoms with van der Waals surface area (Å²) in [5, 5.41) is 2.74. The summed E-state index contributed by atoms with van der Waals surface area (Å²) in [4.78, 5) is 27.6. The number of unbranched alkanes of at least 4 members (excludes halogenated alkanes) is 5. The molecule has 1 N–H and O–H groups in total. The van der Waals surface area contributed by atoms with E-state index in [9.17, 15) is 9.59 Å². The number of nitrogens with one attached hydrogen (secondary N) is 1. The number of alkyl carbamates (subject to hydrolysis) is 1. The van der Waals surface area contributed by atoms with Crippen LogP contribution in [0.1, 0.15) is 51.9 Å². The fourth-order valence-electron chi connectivity index (χ4n) is 2.61. The summed E-state index contributed by atoms with van der Waals surface area (Å²) in [6.07, 6.45) is 6.41. The molecule has 0 aromatic heterocycles. The van der Waals surface area contributed by atoms with E-state index in [2.05, 4.69) is 24.1 Å². The standard InChI is InChI=1S/C19H33N3O3/c1-4-5-6-7-8-9-13-20-19(24)25-17-12-16-22(18(17)23)15-11-10-14-21(2)3/h17H,4-9,12-16H2,1-3H3,(H,20,24). The molecule has 0 spiro atoms. The number of likely N-dealkylation sites (tertiary alicyclic amines) is 1. The molecular formula is C19H33N3O3. The molecule has 0 radical (unpaired) electrons. The van der Waals surface area contributed by atoms with Crippen molar-refractivity contribution in [2.75, 3.05) is 40.3 Å². The molecule has 0 aromatic carbocycles. The zero-order valence-corrected chi connectivity index (χ0v) is 16.0. The summed E-state index contributed by atoms with van der Waals surface area (Å²) in [5.41, 5.74) is 0. The number of hydrogen-bond donors (Lipinski definition) is 1. The van der Waals surface area contributed by atoms with Gasteiger partial charge >= 0.3 is 6.09 Å². The Hall–Kier alpha value is -1.74. The lowest BCUT2D eigenvalue weighted by atomic mass is 10.1. The number of amides is 2. The number of ether oxygens (including phenoxy) is 1. The summed E-state index contributed by atoms with van der Waals surface area (Å²) in [7, 11) is 3.90. The first kappa shape index (κ1) is 21.3. The van der Waals surface area contributed by atoms with Gasteiger partial charge in [0.05, 0.1) is 13.1 Å². The average molecular weight is 351 g/mol. The van der Waals surface area contributed by atoms with Crippen LogP contribution >= 0.6 is 0 Å². The Morgan fingerprint density at radius 1 is 1.24 bits per heavy atom. The average Bonchev–Trinajstić information content (AvgIpc) is 2.91. The molecule has 1 aliphatic heterocycles. The van der Waals surface area contributed by atoms with Crippen LogP contribution in [0, 0.1) is 11.8 Å².